The van der Waals surface area contributed by atoms with Crippen LogP contribution in [0.5, 0.6) is 0 Å². The van der Waals surface area contributed by atoms with Crippen LogP contribution in [0.2, 0.25) is 0 Å². The van der Waals surface area contributed by atoms with E-state index in [4.69, 9.17) is 4.74 Å². The zero-order valence-corrected chi connectivity index (χ0v) is 23.8. The molecule has 10 heteroatoms. The molecule has 36 heavy (non-hydrogen) atoms. The highest BCUT2D eigenvalue weighted by Gasteiger charge is 2.26. The molecule has 1 saturated carbocycles. The van der Waals surface area contributed by atoms with E-state index < -0.39 is 10.0 Å². The molecule has 0 bridgehead atoms. The van der Waals surface area contributed by atoms with E-state index in [0.29, 0.717) is 23.9 Å². The average molecular weight is 525 g/mol. The number of carbonyl (C=O) groups excluding carboxylic acids is 2. The van der Waals surface area contributed by atoms with Crippen molar-refractivity contribution in [3.63, 3.8) is 0 Å². The number of likely N-dealkylation sites (N-methyl/N-ethyl adjacent to an activating group) is 3. The molecule has 1 aromatic rings. The van der Waals surface area contributed by atoms with Gasteiger partial charge in [-0.25, -0.2) is 8.42 Å². The van der Waals surface area contributed by atoms with Gasteiger partial charge in [-0.05, 0) is 77.6 Å². The molecule has 1 fully saturated rings. The summed E-state index contributed by atoms with van der Waals surface area (Å²) in [6, 6.07) is 3.94. The number of rotatable bonds is 12. The monoisotopic (exact) mass is 524 g/mol. The SMILES string of the molecule is Cc1cc(C)c(S(=O)(=O)N(C)CCOCC(=O)N(C)CC2CCC(NC(=O)CN(C)C)CC2)c(C)c1. The first-order chi connectivity index (χ1) is 16.8. The van der Waals surface area contributed by atoms with Gasteiger partial charge >= 0.3 is 0 Å². The number of carbonyl (C=O) groups is 2. The summed E-state index contributed by atoms with van der Waals surface area (Å²) in [5, 5.41) is 3.09. The molecule has 1 N–H and O–H groups in total. The summed E-state index contributed by atoms with van der Waals surface area (Å²) < 4.78 is 32.9. The standard InChI is InChI=1S/C26H44N4O5S/c1-19-14-20(2)26(21(3)15-19)36(33,34)30(7)12-13-35-18-25(32)29(6)16-22-8-10-23(11-9-22)27-24(31)17-28(4)5/h14-15,22-23H,8-13,16-18H2,1-7H3,(H,27,31). The van der Waals surface area contributed by atoms with Crippen molar-refractivity contribution in [3.05, 3.63) is 28.8 Å². The molecule has 0 aromatic heterocycles. The Morgan fingerprint density at radius 2 is 1.58 bits per heavy atom. The smallest absolute Gasteiger partial charge is 0.248 e. The Morgan fingerprint density at radius 1 is 1.00 bits per heavy atom. The van der Waals surface area contributed by atoms with Crippen LogP contribution < -0.4 is 5.32 Å². The number of sulfonamides is 1. The topological polar surface area (TPSA) is 99.3 Å². The third kappa shape index (κ3) is 8.83. The maximum absolute atomic E-state index is 13.0. The van der Waals surface area contributed by atoms with E-state index in [-0.39, 0.29) is 37.6 Å². The van der Waals surface area contributed by atoms with Gasteiger partial charge in [-0.15, -0.1) is 0 Å². The summed E-state index contributed by atoms with van der Waals surface area (Å²) in [5.41, 5.74) is 2.47. The highest BCUT2D eigenvalue weighted by molar-refractivity contribution is 7.89. The minimum absolute atomic E-state index is 0.0514. The summed E-state index contributed by atoms with van der Waals surface area (Å²) in [4.78, 5) is 28.3. The lowest BCUT2D eigenvalue weighted by molar-refractivity contribution is -0.135. The van der Waals surface area contributed by atoms with Crippen molar-refractivity contribution in [1.82, 2.24) is 19.4 Å². The summed E-state index contributed by atoms with van der Waals surface area (Å²) in [5.74, 6) is 0.334. The molecule has 9 nitrogen and oxygen atoms in total. The highest BCUT2D eigenvalue weighted by Crippen LogP contribution is 2.26. The van der Waals surface area contributed by atoms with Gasteiger partial charge in [0, 0.05) is 33.2 Å². The molecule has 0 atom stereocenters. The van der Waals surface area contributed by atoms with Gasteiger partial charge in [-0.3, -0.25) is 9.59 Å². The van der Waals surface area contributed by atoms with E-state index in [1.807, 2.05) is 38.1 Å². The normalized spacial score (nSPS) is 18.5. The van der Waals surface area contributed by atoms with E-state index >= 15 is 0 Å². The van der Waals surface area contributed by atoms with Gasteiger partial charge in [-0.2, -0.15) is 4.31 Å². The number of ether oxygens (including phenoxy) is 1. The molecular formula is C26H44N4O5S. The Labute approximate surface area is 217 Å². The third-order valence-corrected chi connectivity index (χ3v) is 8.84. The molecule has 0 aliphatic heterocycles. The van der Waals surface area contributed by atoms with Gasteiger partial charge < -0.3 is 19.9 Å². The van der Waals surface area contributed by atoms with E-state index in [0.717, 1.165) is 42.4 Å². The second-order valence-corrected chi connectivity index (χ2v) is 12.4. The summed E-state index contributed by atoms with van der Waals surface area (Å²) >= 11 is 0. The van der Waals surface area contributed by atoms with E-state index in [1.165, 1.54) is 11.4 Å². The largest absolute Gasteiger partial charge is 0.370 e. The minimum atomic E-state index is -3.64. The van der Waals surface area contributed by atoms with Crippen LogP contribution in [0.3, 0.4) is 0 Å². The Bertz CT molecular complexity index is 981. The number of nitrogens with zero attached hydrogens (tertiary/aromatic N) is 3. The Morgan fingerprint density at radius 3 is 2.14 bits per heavy atom. The van der Waals surface area contributed by atoms with Crippen LogP contribution in [0.1, 0.15) is 42.4 Å². The second kappa shape index (κ2) is 13.5. The molecule has 1 aliphatic carbocycles. The molecule has 1 aromatic carbocycles. The van der Waals surface area contributed by atoms with Crippen molar-refractivity contribution in [1.29, 1.82) is 0 Å². The van der Waals surface area contributed by atoms with Crippen LogP contribution >= 0.6 is 0 Å². The van der Waals surface area contributed by atoms with E-state index in [1.54, 1.807) is 25.8 Å². The first kappa shape index (κ1) is 30.2. The predicted molar refractivity (Wildman–Crippen MR) is 141 cm³/mol. The number of hydrogen-bond acceptors (Lipinski definition) is 6. The van der Waals surface area contributed by atoms with Crippen LogP contribution in [0.15, 0.2) is 17.0 Å². The molecule has 0 saturated heterocycles. The number of benzene rings is 1. The van der Waals surface area contributed by atoms with Crippen molar-refractivity contribution in [2.24, 2.45) is 5.92 Å². The number of amides is 2. The molecule has 204 valence electrons. The number of aryl methyl sites for hydroxylation is 3. The zero-order chi connectivity index (χ0) is 27.0. The Hall–Kier alpha value is -2.01. The van der Waals surface area contributed by atoms with Crippen LogP contribution in [-0.4, -0.2) is 101 Å². The van der Waals surface area contributed by atoms with E-state index in [9.17, 15) is 18.0 Å². The first-order valence-corrected chi connectivity index (χ1v) is 14.0. The Kier molecular flexibility index (Phi) is 11.3. The van der Waals surface area contributed by atoms with Gasteiger partial charge in [-0.1, -0.05) is 17.7 Å². The van der Waals surface area contributed by atoms with Crippen LogP contribution in [0.25, 0.3) is 0 Å². The maximum atomic E-state index is 13.0. The number of nitrogens with one attached hydrogen (secondary N) is 1. The summed E-state index contributed by atoms with van der Waals surface area (Å²) in [6.07, 6.45) is 3.77. The van der Waals surface area contributed by atoms with Crippen LogP contribution in [0, 0.1) is 26.7 Å². The predicted octanol–water partition coefficient (Wildman–Crippen LogP) is 1.94. The van der Waals surface area contributed by atoms with Crippen molar-refractivity contribution in [2.75, 3.05) is 61.0 Å². The van der Waals surface area contributed by atoms with Crippen molar-refractivity contribution < 1.29 is 22.7 Å². The Balaban J connectivity index is 1.72. The maximum Gasteiger partial charge on any atom is 0.248 e. The van der Waals surface area contributed by atoms with Gasteiger partial charge in [0.15, 0.2) is 0 Å². The van der Waals surface area contributed by atoms with Crippen LogP contribution in [0.4, 0.5) is 0 Å². The van der Waals surface area contributed by atoms with Crippen LogP contribution in [-0.2, 0) is 24.3 Å². The molecule has 1 aliphatic rings. The third-order valence-electron chi connectivity index (χ3n) is 6.68. The van der Waals surface area contributed by atoms with Gasteiger partial charge in [0.25, 0.3) is 0 Å². The molecule has 0 radical (unpaired) electrons. The van der Waals surface area contributed by atoms with Crippen molar-refractivity contribution >= 4 is 21.8 Å². The van der Waals surface area contributed by atoms with Gasteiger partial charge in [0.05, 0.1) is 18.0 Å². The lowest BCUT2D eigenvalue weighted by Crippen LogP contribution is -2.43. The lowest BCUT2D eigenvalue weighted by atomic mass is 9.85. The number of hydrogen-bond donors (Lipinski definition) is 1. The molecule has 2 rings (SSSR count). The highest BCUT2D eigenvalue weighted by atomic mass is 32.2. The fraction of sp³-hybridized carbons (Fsp3) is 0.692. The molecule has 2 amide bonds. The van der Waals surface area contributed by atoms with Gasteiger partial charge in [0.1, 0.15) is 6.61 Å². The summed E-state index contributed by atoms with van der Waals surface area (Å²) in [7, 11) is 3.41. The van der Waals surface area contributed by atoms with Crippen molar-refractivity contribution in [2.45, 2.75) is 57.4 Å². The molecule has 0 heterocycles. The zero-order valence-electron chi connectivity index (χ0n) is 23.0. The molecule has 0 spiro atoms. The molecule has 0 unspecified atom stereocenters. The average Bonchev–Trinajstić information content (AvgIpc) is 2.76. The lowest BCUT2D eigenvalue weighted by Gasteiger charge is -2.32. The minimum Gasteiger partial charge on any atom is -0.370 e. The fourth-order valence-electron chi connectivity index (χ4n) is 4.85. The van der Waals surface area contributed by atoms with E-state index in [2.05, 4.69) is 5.32 Å². The summed E-state index contributed by atoms with van der Waals surface area (Å²) in [6.45, 7) is 6.82. The second-order valence-electron chi connectivity index (χ2n) is 10.4. The van der Waals surface area contributed by atoms with Crippen molar-refractivity contribution in [3.8, 4) is 0 Å². The fourth-order valence-corrected chi connectivity index (χ4v) is 6.41. The molecular weight excluding hydrogens is 480 g/mol. The first-order valence-electron chi connectivity index (χ1n) is 12.6. The quantitative estimate of drug-likeness (QED) is 0.420. The van der Waals surface area contributed by atoms with Gasteiger partial charge in [0.2, 0.25) is 21.8 Å².